The van der Waals surface area contributed by atoms with Crippen molar-refractivity contribution in [1.82, 2.24) is 0 Å². The quantitative estimate of drug-likeness (QED) is 0.543. The maximum absolute atomic E-state index is 4.50. The molecule has 0 aliphatic carbocycles. The Morgan fingerprint density at radius 1 is 1.25 bits per heavy atom. The minimum Gasteiger partial charge on any atom is -0.333 e. The minimum absolute atomic E-state index is 0. The smallest absolute Gasteiger partial charge is 0 e. The third-order valence-corrected chi connectivity index (χ3v) is 0. The molecule has 4 heavy (non-hydrogen) atoms. The van der Waals surface area contributed by atoms with Gasteiger partial charge in [-0.15, -0.1) is 0 Å². The molecule has 0 spiro atoms. The summed E-state index contributed by atoms with van der Waals surface area (Å²) in [6.45, 7) is 0. The van der Waals surface area contributed by atoms with Crippen LogP contribution in [0.5, 0.6) is 0 Å². The molecule has 0 rings (SSSR count). The van der Waals surface area contributed by atoms with Crippen molar-refractivity contribution in [3.05, 3.63) is 0 Å². The van der Waals surface area contributed by atoms with Crippen molar-refractivity contribution in [2.75, 3.05) is 7.05 Å². The van der Waals surface area contributed by atoms with Crippen LogP contribution >= 0.6 is 0 Å². The molecule has 0 unspecified atom stereocenters. The number of nitrogens with two attached hydrogens (primary N) is 1. The first-order chi connectivity index (χ1) is 1.00. The van der Waals surface area contributed by atoms with Crippen molar-refractivity contribution in [2.24, 2.45) is 5.73 Å². The van der Waals surface area contributed by atoms with Crippen LogP contribution in [0.4, 0.5) is 0 Å². The van der Waals surface area contributed by atoms with Gasteiger partial charge in [-0.05, 0) is 7.05 Å². The van der Waals surface area contributed by atoms with Crippen LogP contribution in [0.15, 0.2) is 0 Å². The first-order valence-electron chi connectivity index (χ1n) is 0.577. The summed E-state index contributed by atoms with van der Waals surface area (Å²) in [4.78, 5) is 0. The average molecular weight is 357 g/mol. The van der Waals surface area contributed by atoms with E-state index < -0.39 is 0 Å². The van der Waals surface area contributed by atoms with Gasteiger partial charge in [-0.2, -0.15) is 0 Å². The maximum atomic E-state index is 4.50. The topological polar surface area (TPSA) is 26.0 Å². The van der Waals surface area contributed by atoms with Gasteiger partial charge >= 0.3 is 0 Å². The Bertz CT molecular complexity index is 8.00. The molecule has 0 aromatic heterocycles. The molecular weight excluding hydrogens is 352 g/mol. The van der Waals surface area contributed by atoms with Crippen LogP contribution in [0.25, 0.3) is 0 Å². The van der Waals surface area contributed by atoms with E-state index in [9.17, 15) is 0 Å². The van der Waals surface area contributed by atoms with Crippen molar-refractivity contribution in [2.45, 2.75) is 0 Å². The van der Waals surface area contributed by atoms with Crippen LogP contribution in [0, 0.1) is 0 Å². The molecule has 0 amide bonds. The Labute approximate surface area is 63.4 Å². The molecule has 0 heterocycles. The van der Waals surface area contributed by atoms with Gasteiger partial charge < -0.3 is 5.73 Å². The predicted octanol–water partition coefficient (Wildman–Crippen LogP) is -1.19. The fraction of sp³-hybridized carbons (Fsp3) is 1.00. The van der Waals surface area contributed by atoms with E-state index in [0.29, 0.717) is 0 Å². The largest absolute Gasteiger partial charge is 0.333 e. The standard InChI is InChI=1S/CH5N.Pb.Sn/c1-2;;/h2H2,1H3;;. The molecule has 22 valence electrons. The van der Waals surface area contributed by atoms with Crippen LogP contribution in [0.1, 0.15) is 0 Å². The normalized spacial score (nSPS) is 1.50. The Morgan fingerprint density at radius 3 is 1.25 bits per heavy atom. The Kier molecular flexibility index (Phi) is 97.2. The van der Waals surface area contributed by atoms with Gasteiger partial charge in [-0.1, -0.05) is 0 Å². The number of rotatable bonds is 0. The molecule has 0 aromatic carbocycles. The molecule has 0 aromatic rings. The van der Waals surface area contributed by atoms with Crippen molar-refractivity contribution in [1.29, 1.82) is 0 Å². The molecule has 0 saturated carbocycles. The van der Waals surface area contributed by atoms with Crippen LogP contribution in [-0.2, 0) is 0 Å². The molecule has 0 bridgehead atoms. The summed E-state index contributed by atoms with van der Waals surface area (Å²) in [6, 6.07) is 0. The molecular formula is CH5NPbSn. The van der Waals surface area contributed by atoms with Crippen molar-refractivity contribution in [3.8, 4) is 0 Å². The van der Waals surface area contributed by atoms with Gasteiger partial charge in [0.1, 0.15) is 0 Å². The van der Waals surface area contributed by atoms with E-state index >= 15 is 0 Å². The van der Waals surface area contributed by atoms with Crippen LogP contribution in [-0.4, -0.2) is 58.3 Å². The third-order valence-electron chi connectivity index (χ3n) is 0. The van der Waals surface area contributed by atoms with Crippen LogP contribution in [0.2, 0.25) is 0 Å². The summed E-state index contributed by atoms with van der Waals surface area (Å²) in [7, 11) is 1.50. The van der Waals surface area contributed by atoms with Crippen molar-refractivity contribution >= 4 is 51.2 Å². The molecule has 0 fully saturated rings. The van der Waals surface area contributed by atoms with Gasteiger partial charge in [0.05, 0.1) is 0 Å². The zero-order valence-corrected chi connectivity index (χ0v) is 9.32. The monoisotopic (exact) mass is 359 g/mol. The summed E-state index contributed by atoms with van der Waals surface area (Å²) in [5.41, 5.74) is 4.50. The van der Waals surface area contributed by atoms with E-state index in [1.54, 1.807) is 0 Å². The molecule has 1 nitrogen and oxygen atoms in total. The third kappa shape index (κ3) is 9.36. The van der Waals surface area contributed by atoms with Gasteiger partial charge in [0.15, 0.2) is 0 Å². The Hall–Kier alpha value is 1.68. The van der Waals surface area contributed by atoms with E-state index in [0.717, 1.165) is 0 Å². The molecule has 3 heteroatoms. The van der Waals surface area contributed by atoms with E-state index in [1.165, 1.54) is 7.05 Å². The van der Waals surface area contributed by atoms with E-state index in [-0.39, 0.29) is 51.2 Å². The molecule has 0 atom stereocenters. The molecule has 0 aliphatic rings. The van der Waals surface area contributed by atoms with E-state index in [4.69, 9.17) is 0 Å². The van der Waals surface area contributed by atoms with Crippen molar-refractivity contribution < 1.29 is 0 Å². The second-order valence-electron chi connectivity index (χ2n) is 0. The molecule has 2 N–H and O–H groups in total. The molecule has 0 aliphatic heterocycles. The molecule has 0 saturated heterocycles. The predicted molar refractivity (Wildman–Crippen MR) is 21.6 cm³/mol. The summed E-state index contributed by atoms with van der Waals surface area (Å²) in [6.07, 6.45) is 0. The second-order valence-corrected chi connectivity index (χ2v) is 0. The molecule has 8 radical (unpaired) electrons. The maximum Gasteiger partial charge on any atom is 0 e. The number of hydrogen-bond acceptors (Lipinski definition) is 1. The first-order valence-corrected chi connectivity index (χ1v) is 0.577. The van der Waals surface area contributed by atoms with Gasteiger partial charge in [-0.3, -0.25) is 0 Å². The van der Waals surface area contributed by atoms with Crippen molar-refractivity contribution in [3.63, 3.8) is 0 Å². The minimum atomic E-state index is 0. The number of hydrogen-bond donors (Lipinski definition) is 1. The summed E-state index contributed by atoms with van der Waals surface area (Å²) < 4.78 is 0. The van der Waals surface area contributed by atoms with E-state index in [1.807, 2.05) is 0 Å². The van der Waals surface area contributed by atoms with E-state index in [2.05, 4.69) is 5.73 Å². The SMILES string of the molecule is CN.[Pb].[Sn]. The summed E-state index contributed by atoms with van der Waals surface area (Å²) in [5.74, 6) is 0. The van der Waals surface area contributed by atoms with Crippen LogP contribution in [0.3, 0.4) is 0 Å². The fourth-order valence-corrected chi connectivity index (χ4v) is 0. The van der Waals surface area contributed by atoms with Gasteiger partial charge in [-0.25, -0.2) is 0 Å². The Balaban J connectivity index is -0.00000000500. The van der Waals surface area contributed by atoms with Gasteiger partial charge in [0, 0.05) is 51.2 Å². The zero-order chi connectivity index (χ0) is 2.00. The Morgan fingerprint density at radius 2 is 1.25 bits per heavy atom. The fourth-order valence-electron chi connectivity index (χ4n) is 0. The average Bonchev–Trinajstić information content (AvgIpc) is 1.00. The summed E-state index contributed by atoms with van der Waals surface area (Å²) >= 11 is 0. The summed E-state index contributed by atoms with van der Waals surface area (Å²) in [5, 5.41) is 0. The first kappa shape index (κ1) is 17.3. The van der Waals surface area contributed by atoms with Gasteiger partial charge in [0.25, 0.3) is 0 Å². The zero-order valence-electron chi connectivity index (χ0n) is 2.58. The second kappa shape index (κ2) is 22.4. The van der Waals surface area contributed by atoms with Gasteiger partial charge in [0.2, 0.25) is 0 Å². The van der Waals surface area contributed by atoms with Crippen LogP contribution < -0.4 is 5.73 Å².